The summed E-state index contributed by atoms with van der Waals surface area (Å²) in [4.78, 5) is 25.1. The largest absolute Gasteiger partial charge is 0.329 e. The van der Waals surface area contributed by atoms with Crippen LogP contribution in [0, 0.1) is 0 Å². The maximum atomic E-state index is 11.9. The minimum Gasteiger partial charge on any atom is -0.329 e. The SMILES string of the molecule is C=CCC1C(=O)N2CCC[C@H]2C(=O)N1O. The van der Waals surface area contributed by atoms with Gasteiger partial charge in [-0.15, -0.1) is 6.58 Å². The average molecular weight is 210 g/mol. The van der Waals surface area contributed by atoms with Crippen LogP contribution in [0.25, 0.3) is 0 Å². The number of amides is 2. The first kappa shape index (κ1) is 10.2. The summed E-state index contributed by atoms with van der Waals surface area (Å²) in [6.07, 6.45) is 3.32. The molecule has 1 N–H and O–H groups in total. The van der Waals surface area contributed by atoms with Crippen LogP contribution in [0.2, 0.25) is 0 Å². The molecule has 2 aliphatic heterocycles. The number of nitrogens with zero attached hydrogens (tertiary/aromatic N) is 2. The van der Waals surface area contributed by atoms with Gasteiger partial charge in [-0.25, -0.2) is 5.06 Å². The van der Waals surface area contributed by atoms with E-state index in [-0.39, 0.29) is 11.8 Å². The van der Waals surface area contributed by atoms with E-state index in [9.17, 15) is 14.8 Å². The van der Waals surface area contributed by atoms with Crippen molar-refractivity contribution in [2.75, 3.05) is 6.54 Å². The molecule has 1 unspecified atom stereocenters. The Bertz CT molecular complexity index is 316. The summed E-state index contributed by atoms with van der Waals surface area (Å²) in [6, 6.07) is -1.21. The lowest BCUT2D eigenvalue weighted by atomic mass is 10.1. The van der Waals surface area contributed by atoms with Crippen molar-refractivity contribution in [2.24, 2.45) is 0 Å². The molecule has 15 heavy (non-hydrogen) atoms. The molecule has 5 heteroatoms. The number of rotatable bonds is 2. The van der Waals surface area contributed by atoms with E-state index in [0.717, 1.165) is 6.42 Å². The van der Waals surface area contributed by atoms with E-state index in [1.807, 2.05) is 0 Å². The quantitative estimate of drug-likeness (QED) is 0.521. The maximum absolute atomic E-state index is 11.9. The third-order valence-corrected chi connectivity index (χ3v) is 3.02. The molecule has 0 radical (unpaired) electrons. The van der Waals surface area contributed by atoms with E-state index in [4.69, 9.17) is 0 Å². The Kier molecular flexibility index (Phi) is 2.48. The fraction of sp³-hybridized carbons (Fsp3) is 0.600. The van der Waals surface area contributed by atoms with Crippen molar-refractivity contribution in [3.8, 4) is 0 Å². The maximum Gasteiger partial charge on any atom is 0.269 e. The highest BCUT2D eigenvalue weighted by molar-refractivity contribution is 5.96. The van der Waals surface area contributed by atoms with Gasteiger partial charge in [0.15, 0.2) is 0 Å². The highest BCUT2D eigenvalue weighted by atomic mass is 16.5. The van der Waals surface area contributed by atoms with E-state index in [1.165, 1.54) is 6.08 Å². The third kappa shape index (κ3) is 1.43. The summed E-state index contributed by atoms with van der Waals surface area (Å²) in [6.45, 7) is 4.14. The Morgan fingerprint density at radius 2 is 2.20 bits per heavy atom. The first-order chi connectivity index (χ1) is 7.16. The number of carbonyl (C=O) groups is 2. The van der Waals surface area contributed by atoms with Gasteiger partial charge in [-0.2, -0.15) is 0 Å². The molecule has 0 saturated carbocycles. The normalized spacial score (nSPS) is 30.7. The smallest absolute Gasteiger partial charge is 0.269 e. The van der Waals surface area contributed by atoms with Gasteiger partial charge in [0.1, 0.15) is 12.1 Å². The fourth-order valence-corrected chi connectivity index (χ4v) is 2.25. The summed E-state index contributed by atoms with van der Waals surface area (Å²) in [7, 11) is 0. The lowest BCUT2D eigenvalue weighted by Crippen LogP contribution is -2.61. The zero-order valence-corrected chi connectivity index (χ0v) is 8.43. The molecule has 0 aromatic heterocycles. The van der Waals surface area contributed by atoms with Gasteiger partial charge in [0.2, 0.25) is 5.91 Å². The van der Waals surface area contributed by atoms with Crippen molar-refractivity contribution in [2.45, 2.75) is 31.3 Å². The summed E-state index contributed by atoms with van der Waals surface area (Å²) in [5.41, 5.74) is 0. The van der Waals surface area contributed by atoms with Crippen molar-refractivity contribution in [3.63, 3.8) is 0 Å². The first-order valence-electron chi connectivity index (χ1n) is 5.10. The van der Waals surface area contributed by atoms with Crippen LogP contribution < -0.4 is 0 Å². The van der Waals surface area contributed by atoms with Crippen molar-refractivity contribution >= 4 is 11.8 Å². The van der Waals surface area contributed by atoms with Crippen LogP contribution in [0.5, 0.6) is 0 Å². The first-order valence-corrected chi connectivity index (χ1v) is 5.10. The van der Waals surface area contributed by atoms with Gasteiger partial charge in [-0.1, -0.05) is 6.08 Å². The van der Waals surface area contributed by atoms with E-state index in [0.29, 0.717) is 24.4 Å². The van der Waals surface area contributed by atoms with E-state index in [2.05, 4.69) is 6.58 Å². The Morgan fingerprint density at radius 1 is 1.47 bits per heavy atom. The number of piperazine rings is 1. The van der Waals surface area contributed by atoms with Crippen molar-refractivity contribution in [1.82, 2.24) is 9.96 Å². The topological polar surface area (TPSA) is 60.9 Å². The third-order valence-electron chi connectivity index (χ3n) is 3.02. The molecule has 2 saturated heterocycles. The van der Waals surface area contributed by atoms with Crippen LogP contribution in [0.4, 0.5) is 0 Å². The van der Waals surface area contributed by atoms with Crippen LogP contribution in [-0.4, -0.2) is 45.6 Å². The lowest BCUT2D eigenvalue weighted by molar-refractivity contribution is -0.197. The number of hydrogen-bond donors (Lipinski definition) is 1. The number of hydrogen-bond acceptors (Lipinski definition) is 3. The minimum atomic E-state index is -0.774. The summed E-state index contributed by atoms with van der Waals surface area (Å²) >= 11 is 0. The molecule has 0 spiro atoms. The molecular formula is C10H14N2O3. The molecule has 2 fully saturated rings. The van der Waals surface area contributed by atoms with Crippen LogP contribution in [-0.2, 0) is 9.59 Å². The van der Waals surface area contributed by atoms with Crippen molar-refractivity contribution < 1.29 is 14.8 Å². The molecule has 0 aromatic rings. The molecule has 2 amide bonds. The van der Waals surface area contributed by atoms with Gasteiger partial charge in [0.05, 0.1) is 0 Å². The summed E-state index contributed by atoms with van der Waals surface area (Å²) in [5.74, 6) is -0.529. The fourth-order valence-electron chi connectivity index (χ4n) is 2.25. The average Bonchev–Trinajstić information content (AvgIpc) is 2.70. The molecule has 2 rings (SSSR count). The molecule has 5 nitrogen and oxygen atoms in total. The van der Waals surface area contributed by atoms with E-state index < -0.39 is 12.1 Å². The number of fused-ring (bicyclic) bond motifs is 1. The van der Waals surface area contributed by atoms with Gasteiger partial charge >= 0.3 is 0 Å². The number of carbonyl (C=O) groups excluding carboxylic acids is 2. The monoisotopic (exact) mass is 210 g/mol. The van der Waals surface area contributed by atoms with Crippen LogP contribution in [0.1, 0.15) is 19.3 Å². The minimum absolute atomic E-state index is 0.167. The predicted octanol–water partition coefficient (Wildman–Crippen LogP) is 0.154. The molecule has 2 aliphatic rings. The van der Waals surface area contributed by atoms with Gasteiger partial charge in [0, 0.05) is 6.54 Å². The predicted molar refractivity (Wildman–Crippen MR) is 52.0 cm³/mol. The Hall–Kier alpha value is -1.36. The lowest BCUT2D eigenvalue weighted by Gasteiger charge is -2.38. The molecule has 2 heterocycles. The molecule has 0 aliphatic carbocycles. The molecule has 0 aromatic carbocycles. The van der Waals surface area contributed by atoms with Gasteiger partial charge < -0.3 is 4.90 Å². The van der Waals surface area contributed by atoms with Gasteiger partial charge in [0.25, 0.3) is 5.91 Å². The Labute approximate surface area is 87.9 Å². The second-order valence-electron chi connectivity index (χ2n) is 3.91. The van der Waals surface area contributed by atoms with E-state index >= 15 is 0 Å². The second kappa shape index (κ2) is 3.66. The van der Waals surface area contributed by atoms with Crippen molar-refractivity contribution in [1.29, 1.82) is 0 Å². The van der Waals surface area contributed by atoms with Gasteiger partial charge in [-0.3, -0.25) is 14.8 Å². The van der Waals surface area contributed by atoms with Crippen LogP contribution >= 0.6 is 0 Å². The summed E-state index contributed by atoms with van der Waals surface area (Å²) in [5, 5.41) is 10.2. The molecule has 2 atom stereocenters. The van der Waals surface area contributed by atoms with Gasteiger partial charge in [-0.05, 0) is 19.3 Å². The Balaban J connectivity index is 2.25. The summed E-state index contributed by atoms with van der Waals surface area (Å²) < 4.78 is 0. The molecular weight excluding hydrogens is 196 g/mol. The second-order valence-corrected chi connectivity index (χ2v) is 3.91. The van der Waals surface area contributed by atoms with Crippen LogP contribution in [0.3, 0.4) is 0 Å². The van der Waals surface area contributed by atoms with Crippen molar-refractivity contribution in [3.05, 3.63) is 12.7 Å². The highest BCUT2D eigenvalue weighted by Crippen LogP contribution is 2.26. The highest BCUT2D eigenvalue weighted by Gasteiger charge is 2.47. The molecule has 0 bridgehead atoms. The van der Waals surface area contributed by atoms with E-state index in [1.54, 1.807) is 4.90 Å². The molecule has 82 valence electrons. The zero-order chi connectivity index (χ0) is 11.0. The standard InChI is InChI=1S/C10H14N2O3/c1-2-4-8-9(13)11-6-3-5-7(11)10(14)12(8)15/h2,7-8,15H,1,3-6H2/t7-,8?/m0/s1. The number of hydroxylamine groups is 2. The Morgan fingerprint density at radius 3 is 2.87 bits per heavy atom. The zero-order valence-electron chi connectivity index (χ0n) is 8.43. The van der Waals surface area contributed by atoms with Crippen LogP contribution in [0.15, 0.2) is 12.7 Å².